The second-order valence-electron chi connectivity index (χ2n) is 4.62. The third-order valence-corrected chi connectivity index (χ3v) is 4.28. The van der Waals surface area contributed by atoms with Crippen LogP contribution < -0.4 is 9.46 Å². The molecule has 0 amide bonds. The van der Waals surface area contributed by atoms with E-state index >= 15 is 0 Å². The van der Waals surface area contributed by atoms with Crippen LogP contribution in [0.4, 0.5) is 14.5 Å². The van der Waals surface area contributed by atoms with Gasteiger partial charge in [-0.25, -0.2) is 17.2 Å². The van der Waals surface area contributed by atoms with E-state index in [-0.39, 0.29) is 17.0 Å². The van der Waals surface area contributed by atoms with Crippen molar-refractivity contribution in [3.05, 3.63) is 64.6 Å². The predicted molar refractivity (Wildman–Crippen MR) is 85.5 cm³/mol. The Balaban J connectivity index is 2.35. The summed E-state index contributed by atoms with van der Waals surface area (Å²) >= 11 is 0. The molecule has 1 N–H and O–H groups in total. The topological polar surface area (TPSA) is 79.2 Å². The Kier molecular flexibility index (Phi) is 5.16. The van der Waals surface area contributed by atoms with Gasteiger partial charge in [-0.15, -0.1) is 0 Å². The summed E-state index contributed by atoms with van der Waals surface area (Å²) in [7, 11) is -2.88. The second-order valence-corrected chi connectivity index (χ2v) is 6.27. The molecule has 2 rings (SSSR count). The molecule has 0 aliphatic rings. The van der Waals surface area contributed by atoms with Crippen LogP contribution in [-0.4, -0.2) is 15.5 Å². The number of rotatable bonds is 5. The number of nitriles is 1. The van der Waals surface area contributed by atoms with Crippen LogP contribution in [0.1, 0.15) is 5.56 Å². The van der Waals surface area contributed by atoms with Gasteiger partial charge in [0, 0.05) is 17.3 Å². The molecule has 0 aliphatic heterocycles. The standard InChI is InChI=1S/C16H12F2N2O3S/c1-23-14-7-2-11(16(18)9-14)8-15(10-19)24(21,22)20-13-5-3-12(17)4-6-13/h2-9,20H,1H3. The maximum Gasteiger partial charge on any atom is 0.272 e. The van der Waals surface area contributed by atoms with Gasteiger partial charge >= 0.3 is 0 Å². The molecule has 5 nitrogen and oxygen atoms in total. The van der Waals surface area contributed by atoms with Crippen LogP contribution in [0.2, 0.25) is 0 Å². The number of ether oxygens (including phenoxy) is 1. The molecule has 0 atom stereocenters. The van der Waals surface area contributed by atoms with E-state index in [0.717, 1.165) is 24.3 Å². The number of benzene rings is 2. The van der Waals surface area contributed by atoms with Gasteiger partial charge < -0.3 is 4.74 Å². The monoisotopic (exact) mass is 350 g/mol. The van der Waals surface area contributed by atoms with E-state index in [1.54, 1.807) is 0 Å². The summed E-state index contributed by atoms with van der Waals surface area (Å²) in [4.78, 5) is -0.684. The van der Waals surface area contributed by atoms with E-state index < -0.39 is 26.6 Å². The number of methoxy groups -OCH3 is 1. The third-order valence-electron chi connectivity index (χ3n) is 2.99. The van der Waals surface area contributed by atoms with Gasteiger partial charge in [-0.2, -0.15) is 5.26 Å². The van der Waals surface area contributed by atoms with Crippen molar-refractivity contribution in [1.29, 1.82) is 5.26 Å². The summed E-state index contributed by atoms with van der Waals surface area (Å²) in [6.07, 6.45) is 0.903. The van der Waals surface area contributed by atoms with Gasteiger partial charge in [0.05, 0.1) is 7.11 Å². The van der Waals surface area contributed by atoms with Crippen LogP contribution >= 0.6 is 0 Å². The SMILES string of the molecule is COc1ccc(C=C(C#N)S(=O)(=O)Nc2ccc(F)cc2)c(F)c1. The van der Waals surface area contributed by atoms with Crippen LogP contribution in [0.3, 0.4) is 0 Å². The molecule has 0 fully saturated rings. The fourth-order valence-corrected chi connectivity index (χ4v) is 2.75. The number of sulfonamides is 1. The molecular formula is C16H12F2N2O3S. The number of hydrogen-bond acceptors (Lipinski definition) is 4. The summed E-state index contributed by atoms with van der Waals surface area (Å²) in [5, 5.41) is 9.09. The lowest BCUT2D eigenvalue weighted by Gasteiger charge is -2.07. The third kappa shape index (κ3) is 4.08. The Morgan fingerprint density at radius 2 is 1.88 bits per heavy atom. The molecule has 124 valence electrons. The molecule has 0 saturated carbocycles. The summed E-state index contributed by atoms with van der Waals surface area (Å²) in [5.74, 6) is -1.01. The molecule has 0 spiro atoms. The molecule has 2 aromatic carbocycles. The highest BCUT2D eigenvalue weighted by molar-refractivity contribution is 7.96. The Bertz CT molecular complexity index is 917. The van der Waals surface area contributed by atoms with E-state index in [1.807, 2.05) is 0 Å². The number of nitrogens with zero attached hydrogens (tertiary/aromatic N) is 1. The number of hydrogen-bond donors (Lipinski definition) is 1. The van der Waals surface area contributed by atoms with Crippen molar-refractivity contribution in [3.63, 3.8) is 0 Å². The fourth-order valence-electron chi connectivity index (χ4n) is 1.79. The quantitative estimate of drug-likeness (QED) is 0.840. The van der Waals surface area contributed by atoms with Crippen LogP contribution in [0, 0.1) is 23.0 Å². The van der Waals surface area contributed by atoms with E-state index in [0.29, 0.717) is 0 Å². The molecule has 0 radical (unpaired) electrons. The molecule has 0 saturated heterocycles. The van der Waals surface area contributed by atoms with Crippen molar-refractivity contribution in [1.82, 2.24) is 0 Å². The van der Waals surface area contributed by atoms with Gasteiger partial charge in [0.15, 0.2) is 4.91 Å². The zero-order chi connectivity index (χ0) is 17.7. The first-order valence-electron chi connectivity index (χ1n) is 6.59. The Hall–Kier alpha value is -2.92. The average molecular weight is 350 g/mol. The Labute approximate surface area is 137 Å². The van der Waals surface area contributed by atoms with Crippen molar-refractivity contribution >= 4 is 21.8 Å². The van der Waals surface area contributed by atoms with Gasteiger partial charge in [0.2, 0.25) is 0 Å². The molecule has 0 aromatic heterocycles. The lowest BCUT2D eigenvalue weighted by molar-refractivity contribution is 0.411. The average Bonchev–Trinajstić information content (AvgIpc) is 2.55. The fraction of sp³-hybridized carbons (Fsp3) is 0.0625. The van der Waals surface area contributed by atoms with E-state index in [9.17, 15) is 17.2 Å². The highest BCUT2D eigenvalue weighted by Crippen LogP contribution is 2.21. The lowest BCUT2D eigenvalue weighted by atomic mass is 10.2. The van der Waals surface area contributed by atoms with Crippen LogP contribution in [0.15, 0.2) is 47.4 Å². The first-order valence-corrected chi connectivity index (χ1v) is 8.08. The van der Waals surface area contributed by atoms with Crippen molar-refractivity contribution in [2.75, 3.05) is 11.8 Å². The van der Waals surface area contributed by atoms with Gasteiger partial charge in [0.25, 0.3) is 10.0 Å². The van der Waals surface area contributed by atoms with Crippen molar-refractivity contribution in [2.45, 2.75) is 0 Å². The van der Waals surface area contributed by atoms with E-state index in [1.165, 1.54) is 37.4 Å². The first kappa shape index (κ1) is 17.4. The Morgan fingerprint density at radius 1 is 1.21 bits per heavy atom. The summed E-state index contributed by atoms with van der Waals surface area (Å²) in [6.45, 7) is 0. The lowest BCUT2D eigenvalue weighted by Crippen LogP contribution is -2.14. The van der Waals surface area contributed by atoms with Crippen molar-refractivity contribution in [3.8, 4) is 11.8 Å². The minimum absolute atomic E-state index is 0.0766. The largest absolute Gasteiger partial charge is 0.497 e. The second kappa shape index (κ2) is 7.10. The molecule has 8 heteroatoms. The normalized spacial score (nSPS) is 11.7. The minimum Gasteiger partial charge on any atom is -0.497 e. The smallest absolute Gasteiger partial charge is 0.272 e. The maximum absolute atomic E-state index is 13.9. The molecule has 2 aromatic rings. The zero-order valence-electron chi connectivity index (χ0n) is 12.5. The molecule has 0 aliphatic carbocycles. The van der Waals surface area contributed by atoms with Crippen molar-refractivity contribution in [2.24, 2.45) is 0 Å². The maximum atomic E-state index is 13.9. The van der Waals surface area contributed by atoms with Crippen molar-refractivity contribution < 1.29 is 21.9 Å². The van der Waals surface area contributed by atoms with Gasteiger partial charge in [0.1, 0.15) is 23.5 Å². The van der Waals surface area contributed by atoms with E-state index in [4.69, 9.17) is 10.00 Å². The van der Waals surface area contributed by atoms with Crippen LogP contribution in [-0.2, 0) is 10.0 Å². The molecule has 24 heavy (non-hydrogen) atoms. The summed E-state index contributed by atoms with van der Waals surface area (Å²) < 4.78 is 58.1. The number of halogens is 2. The summed E-state index contributed by atoms with van der Waals surface area (Å²) in [5.41, 5.74) is -0.00964. The molecule has 0 bridgehead atoms. The van der Waals surface area contributed by atoms with Crippen LogP contribution in [0.5, 0.6) is 5.75 Å². The van der Waals surface area contributed by atoms with Gasteiger partial charge in [-0.1, -0.05) is 0 Å². The first-order chi connectivity index (χ1) is 11.4. The Morgan fingerprint density at radius 3 is 2.42 bits per heavy atom. The highest BCUT2D eigenvalue weighted by Gasteiger charge is 2.18. The zero-order valence-corrected chi connectivity index (χ0v) is 13.3. The van der Waals surface area contributed by atoms with Gasteiger partial charge in [-0.3, -0.25) is 4.72 Å². The molecule has 0 unspecified atom stereocenters. The van der Waals surface area contributed by atoms with E-state index in [2.05, 4.69) is 4.72 Å². The van der Waals surface area contributed by atoms with Gasteiger partial charge in [-0.05, 0) is 42.5 Å². The summed E-state index contributed by atoms with van der Waals surface area (Å²) in [6, 6.07) is 9.85. The number of allylic oxidation sites excluding steroid dienone is 1. The molecule has 0 heterocycles. The number of nitrogens with one attached hydrogen (secondary N) is 1. The van der Waals surface area contributed by atoms with Crippen LogP contribution in [0.25, 0.3) is 6.08 Å². The number of anilines is 1. The predicted octanol–water partition coefficient (Wildman–Crippen LogP) is 3.28. The minimum atomic E-state index is -4.24. The highest BCUT2D eigenvalue weighted by atomic mass is 32.2. The molecular weight excluding hydrogens is 338 g/mol.